The number of ether oxygens (including phenoxy) is 1. The second-order valence-electron chi connectivity index (χ2n) is 7.23. The van der Waals surface area contributed by atoms with Gasteiger partial charge in [0.1, 0.15) is 6.61 Å². The van der Waals surface area contributed by atoms with Gasteiger partial charge in [-0.1, -0.05) is 84.9 Å². The van der Waals surface area contributed by atoms with E-state index in [1.807, 2.05) is 41.3 Å². The van der Waals surface area contributed by atoms with E-state index in [1.165, 1.54) is 16.7 Å². The maximum Gasteiger partial charge on any atom is 0.410 e. The maximum absolute atomic E-state index is 12.7. The summed E-state index contributed by atoms with van der Waals surface area (Å²) in [7, 11) is 0. The average molecular weight is 371 g/mol. The molecule has 0 saturated heterocycles. The van der Waals surface area contributed by atoms with E-state index >= 15 is 0 Å². The molecule has 28 heavy (non-hydrogen) atoms. The van der Waals surface area contributed by atoms with Crippen LogP contribution in [-0.4, -0.2) is 24.1 Å². The topological polar surface area (TPSA) is 29.5 Å². The molecule has 3 aromatic rings. The molecule has 0 saturated carbocycles. The third-order valence-corrected chi connectivity index (χ3v) is 5.43. The molecule has 3 heteroatoms. The summed E-state index contributed by atoms with van der Waals surface area (Å²) in [6.07, 6.45) is 1.51. The fourth-order valence-corrected chi connectivity index (χ4v) is 3.93. The van der Waals surface area contributed by atoms with Crippen LogP contribution in [-0.2, 0) is 17.8 Å². The number of amides is 1. The molecule has 0 N–H and O–H groups in total. The van der Waals surface area contributed by atoms with Crippen LogP contribution >= 0.6 is 0 Å². The Morgan fingerprint density at radius 3 is 2.32 bits per heavy atom. The van der Waals surface area contributed by atoms with Crippen LogP contribution in [0, 0.1) is 0 Å². The molecule has 3 nitrogen and oxygen atoms in total. The third kappa shape index (κ3) is 4.25. The molecule has 0 aliphatic carbocycles. The number of nitrogens with zero attached hydrogens (tertiary/aromatic N) is 1. The molecule has 1 heterocycles. The number of benzene rings is 3. The number of rotatable bonds is 3. The molecule has 0 radical (unpaired) electrons. The smallest absolute Gasteiger partial charge is 0.410 e. The van der Waals surface area contributed by atoms with Crippen LogP contribution in [0.3, 0.4) is 0 Å². The van der Waals surface area contributed by atoms with Crippen LogP contribution in [0.4, 0.5) is 4.79 Å². The maximum atomic E-state index is 12.7. The van der Waals surface area contributed by atoms with Crippen LogP contribution in [0.1, 0.15) is 34.6 Å². The van der Waals surface area contributed by atoms with Crippen LogP contribution in [0.5, 0.6) is 0 Å². The largest absolute Gasteiger partial charge is 0.445 e. The van der Waals surface area contributed by atoms with Crippen molar-refractivity contribution in [3.05, 3.63) is 107 Å². The zero-order chi connectivity index (χ0) is 19.2. The lowest BCUT2D eigenvalue weighted by Gasteiger charge is -2.30. The number of carbonyl (C=O) groups is 1. The minimum Gasteiger partial charge on any atom is -0.445 e. The molecule has 1 aliphatic rings. The molecule has 0 aromatic heterocycles. The minimum absolute atomic E-state index is 0.227. The SMILES string of the molecule is O=C(OCc1ccccc1)N1CCc2ccccc2[C@H](c2ccccc2)CC1. The number of fused-ring (bicyclic) bond motifs is 1. The zero-order valence-electron chi connectivity index (χ0n) is 16.0. The lowest BCUT2D eigenvalue weighted by Crippen LogP contribution is -2.36. The minimum atomic E-state index is -0.227. The average Bonchev–Trinajstić information content (AvgIpc) is 2.74. The first-order valence-corrected chi connectivity index (χ1v) is 9.89. The fraction of sp³-hybridized carbons (Fsp3) is 0.240. The summed E-state index contributed by atoms with van der Waals surface area (Å²) in [6.45, 7) is 1.70. The first kappa shape index (κ1) is 18.3. The van der Waals surface area contributed by atoms with Crippen molar-refractivity contribution in [1.29, 1.82) is 0 Å². The predicted molar refractivity (Wildman–Crippen MR) is 111 cm³/mol. The highest BCUT2D eigenvalue weighted by Crippen LogP contribution is 2.32. The molecule has 1 aliphatic heterocycles. The van der Waals surface area contributed by atoms with Gasteiger partial charge >= 0.3 is 6.09 Å². The van der Waals surface area contributed by atoms with Crippen LogP contribution < -0.4 is 0 Å². The molecular formula is C25H25NO2. The molecule has 0 unspecified atom stereocenters. The van der Waals surface area contributed by atoms with Crippen molar-refractivity contribution >= 4 is 6.09 Å². The Balaban J connectivity index is 1.50. The molecule has 1 amide bonds. The van der Waals surface area contributed by atoms with Crippen molar-refractivity contribution < 1.29 is 9.53 Å². The first-order valence-electron chi connectivity index (χ1n) is 9.89. The fourth-order valence-electron chi connectivity index (χ4n) is 3.93. The molecule has 142 valence electrons. The molecule has 0 spiro atoms. The highest BCUT2D eigenvalue weighted by molar-refractivity contribution is 5.67. The molecular weight excluding hydrogens is 346 g/mol. The molecule has 4 rings (SSSR count). The summed E-state index contributed by atoms with van der Waals surface area (Å²) in [5.41, 5.74) is 5.01. The summed E-state index contributed by atoms with van der Waals surface area (Å²) >= 11 is 0. The van der Waals surface area contributed by atoms with E-state index in [4.69, 9.17) is 4.74 Å². The number of carbonyl (C=O) groups excluding carboxylic acids is 1. The van der Waals surface area contributed by atoms with Gasteiger partial charge in [0.15, 0.2) is 0 Å². The zero-order valence-corrected chi connectivity index (χ0v) is 16.0. The number of hydrogen-bond donors (Lipinski definition) is 0. The van der Waals surface area contributed by atoms with Crippen LogP contribution in [0.25, 0.3) is 0 Å². The predicted octanol–water partition coefficient (Wildman–Crippen LogP) is 5.40. The second kappa shape index (κ2) is 8.75. The summed E-state index contributed by atoms with van der Waals surface area (Å²) in [6, 6.07) is 29.0. The van der Waals surface area contributed by atoms with Crippen molar-refractivity contribution in [1.82, 2.24) is 4.90 Å². The van der Waals surface area contributed by atoms with Crippen molar-refractivity contribution in [3.63, 3.8) is 0 Å². The molecule has 1 atom stereocenters. The first-order chi connectivity index (χ1) is 13.8. The van der Waals surface area contributed by atoms with Crippen LogP contribution in [0.15, 0.2) is 84.9 Å². The van der Waals surface area contributed by atoms with Crippen molar-refractivity contribution in [2.24, 2.45) is 0 Å². The van der Waals surface area contributed by atoms with Gasteiger partial charge in [-0.05, 0) is 35.1 Å². The van der Waals surface area contributed by atoms with Gasteiger partial charge in [0, 0.05) is 19.0 Å². The Hall–Kier alpha value is -3.07. The summed E-state index contributed by atoms with van der Waals surface area (Å²) in [5, 5.41) is 0. The van der Waals surface area contributed by atoms with E-state index in [0.29, 0.717) is 25.6 Å². The van der Waals surface area contributed by atoms with Crippen molar-refractivity contribution in [2.45, 2.75) is 25.4 Å². The quantitative estimate of drug-likeness (QED) is 0.617. The molecule has 3 aromatic carbocycles. The highest BCUT2D eigenvalue weighted by Gasteiger charge is 2.24. The Morgan fingerprint density at radius 2 is 1.54 bits per heavy atom. The van der Waals surface area contributed by atoms with E-state index in [1.54, 1.807) is 0 Å². The third-order valence-electron chi connectivity index (χ3n) is 5.43. The summed E-state index contributed by atoms with van der Waals surface area (Å²) in [4.78, 5) is 14.6. The van der Waals surface area contributed by atoms with E-state index in [-0.39, 0.29) is 6.09 Å². The van der Waals surface area contributed by atoms with Gasteiger partial charge < -0.3 is 9.64 Å². The van der Waals surface area contributed by atoms with E-state index in [2.05, 4.69) is 48.5 Å². The van der Waals surface area contributed by atoms with Crippen molar-refractivity contribution in [3.8, 4) is 0 Å². The highest BCUT2D eigenvalue weighted by atomic mass is 16.6. The monoisotopic (exact) mass is 371 g/mol. The van der Waals surface area contributed by atoms with Gasteiger partial charge in [0.25, 0.3) is 0 Å². The van der Waals surface area contributed by atoms with E-state index in [0.717, 1.165) is 18.4 Å². The number of hydrogen-bond acceptors (Lipinski definition) is 2. The van der Waals surface area contributed by atoms with Gasteiger partial charge in [0.2, 0.25) is 0 Å². The Morgan fingerprint density at radius 1 is 0.857 bits per heavy atom. The van der Waals surface area contributed by atoms with Gasteiger partial charge in [-0.25, -0.2) is 4.79 Å². The second-order valence-corrected chi connectivity index (χ2v) is 7.23. The Kier molecular flexibility index (Phi) is 5.72. The summed E-state index contributed by atoms with van der Waals surface area (Å²) < 4.78 is 5.58. The van der Waals surface area contributed by atoms with E-state index in [9.17, 15) is 4.79 Å². The Labute approximate surface area is 166 Å². The van der Waals surface area contributed by atoms with Crippen molar-refractivity contribution in [2.75, 3.05) is 13.1 Å². The summed E-state index contributed by atoms with van der Waals surface area (Å²) in [5.74, 6) is 0.294. The lowest BCUT2D eigenvalue weighted by atomic mass is 9.84. The van der Waals surface area contributed by atoms with Crippen LogP contribution in [0.2, 0.25) is 0 Å². The van der Waals surface area contributed by atoms with Gasteiger partial charge in [0.05, 0.1) is 0 Å². The normalized spacial score (nSPS) is 16.6. The lowest BCUT2D eigenvalue weighted by molar-refractivity contribution is 0.0951. The Bertz CT molecular complexity index is 908. The van der Waals surface area contributed by atoms with Gasteiger partial charge in [-0.15, -0.1) is 0 Å². The van der Waals surface area contributed by atoms with Gasteiger partial charge in [-0.2, -0.15) is 0 Å². The standard InChI is InChI=1S/C25H25NO2/c27-25(28-19-20-9-3-1-4-10-20)26-17-15-22-13-7-8-14-23(22)24(16-18-26)21-11-5-2-6-12-21/h1-14,24H,15-19H2/t24-/m0/s1. The van der Waals surface area contributed by atoms with Gasteiger partial charge in [-0.3, -0.25) is 0 Å². The van der Waals surface area contributed by atoms with E-state index < -0.39 is 0 Å². The molecule has 0 fully saturated rings. The molecule has 0 bridgehead atoms.